The summed E-state index contributed by atoms with van der Waals surface area (Å²) < 4.78 is 0. The predicted molar refractivity (Wildman–Crippen MR) is 123 cm³/mol. The van der Waals surface area contributed by atoms with Crippen LogP contribution in [-0.2, 0) is 17.9 Å². The summed E-state index contributed by atoms with van der Waals surface area (Å²) in [6, 6.07) is 21.5. The fourth-order valence-corrected chi connectivity index (χ4v) is 5.46. The second-order valence-corrected chi connectivity index (χ2v) is 8.79. The van der Waals surface area contributed by atoms with E-state index in [1.54, 1.807) is 12.4 Å². The van der Waals surface area contributed by atoms with E-state index in [-0.39, 0.29) is 17.7 Å². The van der Waals surface area contributed by atoms with Crippen LogP contribution in [0.5, 0.6) is 0 Å². The lowest BCUT2D eigenvalue weighted by Gasteiger charge is -2.50. The summed E-state index contributed by atoms with van der Waals surface area (Å²) in [6.45, 7) is 0.939. The van der Waals surface area contributed by atoms with E-state index in [0.29, 0.717) is 18.7 Å². The molecule has 1 fully saturated rings. The van der Waals surface area contributed by atoms with Crippen LogP contribution in [0.4, 0.5) is 0 Å². The van der Waals surface area contributed by atoms with E-state index < -0.39 is 5.54 Å². The van der Waals surface area contributed by atoms with Gasteiger partial charge in [-0.25, -0.2) is 0 Å². The number of nitrogens with zero attached hydrogens (tertiary/aromatic N) is 2. The number of aromatic nitrogens is 1. The predicted octanol–water partition coefficient (Wildman–Crippen LogP) is 4.45. The molecule has 2 aliphatic rings. The second kappa shape index (κ2) is 8.58. The van der Waals surface area contributed by atoms with E-state index >= 15 is 0 Å². The first-order valence-corrected chi connectivity index (χ1v) is 11.3. The number of nitrogens with one attached hydrogen (secondary N) is 1. The van der Waals surface area contributed by atoms with Crippen LogP contribution in [0.15, 0.2) is 79.1 Å². The van der Waals surface area contributed by atoms with E-state index in [2.05, 4.69) is 10.3 Å². The molecule has 0 radical (unpaired) electrons. The molecule has 1 atom stereocenters. The first-order chi connectivity index (χ1) is 15.7. The molecular weight excluding hydrogens is 398 g/mol. The minimum Gasteiger partial charge on any atom is -0.351 e. The lowest BCUT2D eigenvalue weighted by molar-refractivity contribution is -0.126. The number of benzene rings is 2. The van der Waals surface area contributed by atoms with Crippen molar-refractivity contribution < 1.29 is 9.59 Å². The minimum atomic E-state index is -0.500. The smallest absolute Gasteiger partial charge is 0.254 e. The molecule has 2 heterocycles. The average Bonchev–Trinajstić information content (AvgIpc) is 3.32. The van der Waals surface area contributed by atoms with Gasteiger partial charge in [-0.15, -0.1) is 0 Å². The van der Waals surface area contributed by atoms with Crippen LogP contribution in [0.2, 0.25) is 0 Å². The molecule has 5 nitrogen and oxygen atoms in total. The van der Waals surface area contributed by atoms with Crippen LogP contribution in [0.1, 0.15) is 58.6 Å². The average molecular weight is 426 g/mol. The van der Waals surface area contributed by atoms with Gasteiger partial charge in [-0.1, -0.05) is 67.4 Å². The Morgan fingerprint density at radius 3 is 2.44 bits per heavy atom. The molecule has 5 heteroatoms. The van der Waals surface area contributed by atoms with Crippen molar-refractivity contribution in [3.8, 4) is 0 Å². The van der Waals surface area contributed by atoms with Gasteiger partial charge in [0, 0.05) is 31.0 Å². The molecule has 1 aliphatic heterocycles. The Hall–Kier alpha value is -3.47. The van der Waals surface area contributed by atoms with Crippen molar-refractivity contribution in [3.63, 3.8) is 0 Å². The number of hydrogen-bond donors (Lipinski definition) is 1. The molecule has 1 N–H and O–H groups in total. The van der Waals surface area contributed by atoms with Crippen molar-refractivity contribution in [1.82, 2.24) is 15.2 Å². The van der Waals surface area contributed by atoms with Crippen LogP contribution in [0, 0.1) is 0 Å². The van der Waals surface area contributed by atoms with Gasteiger partial charge >= 0.3 is 0 Å². The molecule has 0 saturated heterocycles. The largest absolute Gasteiger partial charge is 0.351 e. The monoisotopic (exact) mass is 425 g/mol. The maximum Gasteiger partial charge on any atom is 0.254 e. The Labute approximate surface area is 188 Å². The Balaban J connectivity index is 1.54. The molecule has 0 bridgehead atoms. The third-order valence-corrected chi connectivity index (χ3v) is 6.93. The molecule has 32 heavy (non-hydrogen) atoms. The molecular formula is C27H27N3O2. The van der Waals surface area contributed by atoms with E-state index in [0.717, 1.165) is 42.4 Å². The number of carbonyl (C=O) groups is 2. The summed E-state index contributed by atoms with van der Waals surface area (Å²) in [4.78, 5) is 33.6. The first-order valence-electron chi connectivity index (χ1n) is 11.3. The van der Waals surface area contributed by atoms with E-state index in [1.165, 1.54) is 0 Å². The van der Waals surface area contributed by atoms with Crippen molar-refractivity contribution in [2.75, 3.05) is 0 Å². The third-order valence-electron chi connectivity index (χ3n) is 6.93. The van der Waals surface area contributed by atoms with Gasteiger partial charge in [0.1, 0.15) is 0 Å². The Kier molecular flexibility index (Phi) is 5.48. The van der Waals surface area contributed by atoms with Gasteiger partial charge in [0.25, 0.3) is 5.91 Å². The molecule has 0 unspecified atom stereocenters. The van der Waals surface area contributed by atoms with Crippen LogP contribution >= 0.6 is 0 Å². The zero-order valence-corrected chi connectivity index (χ0v) is 18.0. The number of amides is 2. The van der Waals surface area contributed by atoms with E-state index in [4.69, 9.17) is 0 Å². The van der Waals surface area contributed by atoms with E-state index in [1.807, 2.05) is 71.6 Å². The second-order valence-electron chi connectivity index (χ2n) is 8.79. The zero-order chi connectivity index (χ0) is 22.0. The SMILES string of the molecule is O=C(NCc1cccnc1)[C@@H]1c2ccccc2C(=O)N(Cc2ccccc2)C12CCCC2. The first kappa shape index (κ1) is 20.4. The van der Waals surface area contributed by atoms with Crippen LogP contribution < -0.4 is 5.32 Å². The van der Waals surface area contributed by atoms with Crippen molar-refractivity contribution in [2.45, 2.75) is 50.2 Å². The molecule has 162 valence electrons. The molecule has 2 amide bonds. The van der Waals surface area contributed by atoms with E-state index in [9.17, 15) is 9.59 Å². The summed E-state index contributed by atoms with van der Waals surface area (Å²) in [5, 5.41) is 3.14. The van der Waals surface area contributed by atoms with Gasteiger partial charge in [0.05, 0.1) is 11.5 Å². The number of hydrogen-bond acceptors (Lipinski definition) is 3. The fraction of sp³-hybridized carbons (Fsp3) is 0.296. The van der Waals surface area contributed by atoms with Crippen molar-refractivity contribution in [1.29, 1.82) is 0 Å². The fourth-order valence-electron chi connectivity index (χ4n) is 5.46. The summed E-state index contributed by atoms with van der Waals surface area (Å²) in [6.07, 6.45) is 7.21. The quantitative estimate of drug-likeness (QED) is 0.657. The standard InChI is InChI=1S/C27H27N3O2/c31-25(29-18-21-11-8-16-28-17-21)24-22-12-4-5-13-23(22)26(32)30(27(24)14-6-7-15-27)19-20-9-2-1-3-10-20/h1-5,8-13,16-17,24H,6-7,14-15,18-19H2,(H,29,31)/t24-/m0/s1. The lowest BCUT2D eigenvalue weighted by Crippen LogP contribution is -2.60. The number of rotatable bonds is 5. The summed E-state index contributed by atoms with van der Waals surface area (Å²) >= 11 is 0. The van der Waals surface area contributed by atoms with Crippen molar-refractivity contribution in [2.24, 2.45) is 0 Å². The van der Waals surface area contributed by atoms with Crippen LogP contribution in [-0.4, -0.2) is 27.2 Å². The minimum absolute atomic E-state index is 0.0197. The van der Waals surface area contributed by atoms with Gasteiger partial charge in [-0.05, 0) is 41.7 Å². The Bertz CT molecular complexity index is 1110. The lowest BCUT2D eigenvalue weighted by atomic mass is 9.71. The summed E-state index contributed by atoms with van der Waals surface area (Å²) in [7, 11) is 0. The number of pyridine rings is 1. The summed E-state index contributed by atoms with van der Waals surface area (Å²) in [5.74, 6) is -0.379. The van der Waals surface area contributed by atoms with Gasteiger partial charge in [0.15, 0.2) is 0 Å². The highest BCUT2D eigenvalue weighted by atomic mass is 16.2. The molecule has 2 aromatic carbocycles. The molecule has 5 rings (SSSR count). The number of carbonyl (C=O) groups excluding carboxylic acids is 2. The van der Waals surface area contributed by atoms with Crippen LogP contribution in [0.3, 0.4) is 0 Å². The van der Waals surface area contributed by atoms with Crippen LogP contribution in [0.25, 0.3) is 0 Å². The normalized spacial score (nSPS) is 19.1. The molecule has 1 aliphatic carbocycles. The molecule has 1 spiro atoms. The van der Waals surface area contributed by atoms with Crippen molar-refractivity contribution in [3.05, 3.63) is 101 Å². The highest BCUT2D eigenvalue weighted by Crippen LogP contribution is 2.50. The Morgan fingerprint density at radius 2 is 1.69 bits per heavy atom. The molecule has 1 saturated carbocycles. The Morgan fingerprint density at radius 1 is 0.969 bits per heavy atom. The molecule has 3 aromatic rings. The zero-order valence-electron chi connectivity index (χ0n) is 18.0. The highest BCUT2D eigenvalue weighted by molar-refractivity contribution is 6.02. The van der Waals surface area contributed by atoms with Gasteiger partial charge in [-0.2, -0.15) is 0 Å². The topological polar surface area (TPSA) is 62.3 Å². The molecule has 1 aromatic heterocycles. The maximum atomic E-state index is 13.7. The van der Waals surface area contributed by atoms with Gasteiger partial charge in [0.2, 0.25) is 5.91 Å². The van der Waals surface area contributed by atoms with Crippen molar-refractivity contribution >= 4 is 11.8 Å². The van der Waals surface area contributed by atoms with Gasteiger partial charge in [-0.3, -0.25) is 14.6 Å². The van der Waals surface area contributed by atoms with Gasteiger partial charge < -0.3 is 10.2 Å². The highest BCUT2D eigenvalue weighted by Gasteiger charge is 2.55. The summed E-state index contributed by atoms with van der Waals surface area (Å²) in [5.41, 5.74) is 3.04. The third kappa shape index (κ3) is 3.58. The maximum absolute atomic E-state index is 13.7. The number of fused-ring (bicyclic) bond motifs is 1.